The van der Waals surface area contributed by atoms with Crippen molar-refractivity contribution in [3.8, 4) is 5.75 Å². The first-order valence-electron chi connectivity index (χ1n) is 13.2. The van der Waals surface area contributed by atoms with Gasteiger partial charge >= 0.3 is 0 Å². The van der Waals surface area contributed by atoms with Crippen molar-refractivity contribution in [3.63, 3.8) is 0 Å². The van der Waals surface area contributed by atoms with Crippen LogP contribution < -0.4 is 10.1 Å². The molecule has 1 aromatic carbocycles. The number of carbonyl (C=O) groups is 1. The number of amidine groups is 2. The van der Waals surface area contributed by atoms with Gasteiger partial charge in [-0.2, -0.15) is 5.10 Å². The van der Waals surface area contributed by atoms with E-state index in [-0.39, 0.29) is 24.7 Å². The Kier molecular flexibility index (Phi) is 7.52. The number of fused-ring (bicyclic) bond motifs is 1. The molecular formula is C26H35N7O4. The number of hydrogen-bond acceptors (Lipinski definition) is 9. The summed E-state index contributed by atoms with van der Waals surface area (Å²) in [5.74, 6) is 1.78. The van der Waals surface area contributed by atoms with Crippen molar-refractivity contribution >= 4 is 17.6 Å². The van der Waals surface area contributed by atoms with Crippen LogP contribution in [-0.2, 0) is 22.7 Å². The Morgan fingerprint density at radius 3 is 2.86 bits per heavy atom. The van der Waals surface area contributed by atoms with Gasteiger partial charge < -0.3 is 19.9 Å². The van der Waals surface area contributed by atoms with Gasteiger partial charge in [0.25, 0.3) is 5.91 Å². The van der Waals surface area contributed by atoms with Crippen molar-refractivity contribution in [2.75, 3.05) is 13.2 Å². The fourth-order valence-electron chi connectivity index (χ4n) is 5.24. The number of rotatable bonds is 9. The van der Waals surface area contributed by atoms with Crippen LogP contribution in [0.5, 0.6) is 5.75 Å². The third kappa shape index (κ3) is 4.97. The first-order valence-corrected chi connectivity index (χ1v) is 13.2. The van der Waals surface area contributed by atoms with Crippen LogP contribution in [0, 0.1) is 0 Å². The summed E-state index contributed by atoms with van der Waals surface area (Å²) < 4.78 is 13.7. The van der Waals surface area contributed by atoms with E-state index in [1.807, 2.05) is 32.0 Å². The highest BCUT2D eigenvalue weighted by molar-refractivity contribution is 6.13. The summed E-state index contributed by atoms with van der Waals surface area (Å²) in [6.07, 6.45) is 4.50. The van der Waals surface area contributed by atoms with Crippen molar-refractivity contribution in [1.29, 1.82) is 0 Å². The summed E-state index contributed by atoms with van der Waals surface area (Å²) in [5, 5.41) is 28.0. The third-order valence-corrected chi connectivity index (χ3v) is 6.94. The van der Waals surface area contributed by atoms with Crippen LogP contribution in [0.25, 0.3) is 0 Å². The van der Waals surface area contributed by atoms with Crippen LogP contribution in [0.1, 0.15) is 81.5 Å². The Labute approximate surface area is 216 Å². The number of carbonyl (C=O) groups excluding carboxylic acids is 1. The molecule has 11 heteroatoms. The molecule has 3 aliphatic rings. The summed E-state index contributed by atoms with van der Waals surface area (Å²) in [7, 11) is 0. The number of hydrogen-bond donors (Lipinski definition) is 2. The van der Waals surface area contributed by atoms with Crippen molar-refractivity contribution in [2.45, 2.75) is 84.2 Å². The summed E-state index contributed by atoms with van der Waals surface area (Å²) >= 11 is 0. The van der Waals surface area contributed by atoms with Crippen LogP contribution >= 0.6 is 0 Å². The van der Waals surface area contributed by atoms with Crippen molar-refractivity contribution in [1.82, 2.24) is 25.3 Å². The van der Waals surface area contributed by atoms with E-state index in [0.717, 1.165) is 49.2 Å². The Balaban J connectivity index is 1.49. The van der Waals surface area contributed by atoms with Gasteiger partial charge in [0, 0.05) is 13.0 Å². The maximum absolute atomic E-state index is 13.1. The van der Waals surface area contributed by atoms with E-state index in [1.54, 1.807) is 9.69 Å². The number of nitrogens with one attached hydrogen (secondary N) is 1. The number of aromatic nitrogens is 3. The zero-order chi connectivity index (χ0) is 25.9. The Morgan fingerprint density at radius 1 is 1.27 bits per heavy atom. The number of hydrazone groups is 1. The van der Waals surface area contributed by atoms with Gasteiger partial charge in [-0.05, 0) is 57.2 Å². The minimum absolute atomic E-state index is 0.124. The zero-order valence-corrected chi connectivity index (χ0v) is 21.7. The molecule has 2 aromatic rings. The molecule has 1 saturated heterocycles. The Morgan fingerprint density at radius 2 is 2.14 bits per heavy atom. The number of aliphatic hydroxyl groups excluding tert-OH is 1. The fraction of sp³-hybridized carbons (Fsp3) is 0.577. The van der Waals surface area contributed by atoms with Crippen molar-refractivity contribution < 1.29 is 19.4 Å². The molecule has 11 nitrogen and oxygen atoms in total. The fourth-order valence-corrected chi connectivity index (χ4v) is 5.24. The minimum atomic E-state index is -0.436. The topological polar surface area (TPSA) is 126 Å². The molecule has 3 unspecified atom stereocenters. The predicted octanol–water partition coefficient (Wildman–Crippen LogP) is 2.52. The minimum Gasteiger partial charge on any atom is -0.493 e. The van der Waals surface area contributed by atoms with Gasteiger partial charge in [-0.3, -0.25) is 9.79 Å². The maximum atomic E-state index is 13.1. The number of aliphatic hydroxyl groups is 1. The first kappa shape index (κ1) is 25.3. The molecule has 198 valence electrons. The SMILES string of the molecule is CCCC1=NC(C)C2C(=O)NC(c3cc(Cn4nnc(CO)c4C4CCCCO4)ccc3OCC)=NN12. The van der Waals surface area contributed by atoms with E-state index in [1.165, 1.54) is 0 Å². The van der Waals surface area contributed by atoms with Crippen LogP contribution in [0.4, 0.5) is 0 Å². The lowest BCUT2D eigenvalue weighted by molar-refractivity contribution is -0.124. The summed E-state index contributed by atoms with van der Waals surface area (Å²) in [6.45, 7) is 7.35. The molecule has 0 saturated carbocycles. The maximum Gasteiger partial charge on any atom is 0.252 e. The van der Waals surface area contributed by atoms with E-state index < -0.39 is 6.04 Å². The number of nitrogens with zero attached hydrogens (tertiary/aromatic N) is 6. The summed E-state index contributed by atoms with van der Waals surface area (Å²) in [6, 6.07) is 5.23. The molecule has 0 spiro atoms. The lowest BCUT2D eigenvalue weighted by atomic mass is 10.0. The summed E-state index contributed by atoms with van der Waals surface area (Å²) in [5.41, 5.74) is 2.98. The number of amides is 1. The highest BCUT2D eigenvalue weighted by Crippen LogP contribution is 2.31. The van der Waals surface area contributed by atoms with E-state index >= 15 is 0 Å². The highest BCUT2D eigenvalue weighted by Gasteiger charge is 2.42. The third-order valence-electron chi connectivity index (χ3n) is 6.94. The van der Waals surface area contributed by atoms with Crippen LogP contribution in [0.2, 0.25) is 0 Å². The normalized spacial score (nSPS) is 23.4. The average Bonchev–Trinajstić information content (AvgIpc) is 3.46. The smallest absolute Gasteiger partial charge is 0.252 e. The standard InChI is InChI=1S/C26H35N7O4/c1-4-8-22-27-16(3)23-26(35)28-25(30-33(22)23)18-13-17(10-11-20(18)36-5-2)14-32-24(19(15-34)29-31-32)21-9-6-7-12-37-21/h10-11,13,16,21,23,34H,4-9,12,14-15H2,1-3H3,(H,28,30,35). The molecule has 0 bridgehead atoms. The molecule has 4 heterocycles. The van der Waals surface area contributed by atoms with Crippen molar-refractivity contribution in [2.24, 2.45) is 10.1 Å². The van der Waals surface area contributed by atoms with Gasteiger partial charge in [-0.25, -0.2) is 9.69 Å². The molecule has 1 amide bonds. The van der Waals surface area contributed by atoms with Gasteiger partial charge in [-0.1, -0.05) is 18.2 Å². The van der Waals surface area contributed by atoms with Crippen LogP contribution in [0.15, 0.2) is 28.3 Å². The van der Waals surface area contributed by atoms with E-state index in [4.69, 9.17) is 19.6 Å². The number of aliphatic imine (C=N–C) groups is 1. The van der Waals surface area contributed by atoms with E-state index in [0.29, 0.717) is 42.6 Å². The lowest BCUT2D eigenvalue weighted by Crippen LogP contribution is -2.54. The van der Waals surface area contributed by atoms with Crippen LogP contribution in [-0.4, -0.2) is 68.0 Å². The molecule has 3 atom stereocenters. The lowest BCUT2D eigenvalue weighted by Gasteiger charge is -2.30. The molecule has 5 rings (SSSR count). The quantitative estimate of drug-likeness (QED) is 0.532. The molecule has 1 aromatic heterocycles. The number of ether oxygens (including phenoxy) is 2. The highest BCUT2D eigenvalue weighted by atomic mass is 16.5. The molecule has 2 N–H and O–H groups in total. The van der Waals surface area contributed by atoms with Gasteiger partial charge in [0.15, 0.2) is 11.9 Å². The molecule has 1 fully saturated rings. The predicted molar refractivity (Wildman–Crippen MR) is 137 cm³/mol. The molecule has 3 aliphatic heterocycles. The molecule has 0 aliphatic carbocycles. The molecule has 37 heavy (non-hydrogen) atoms. The molecule has 0 radical (unpaired) electrons. The van der Waals surface area contributed by atoms with Crippen molar-refractivity contribution in [3.05, 3.63) is 40.7 Å². The van der Waals surface area contributed by atoms with Gasteiger partial charge in [0.05, 0.1) is 37.1 Å². The van der Waals surface area contributed by atoms with E-state index in [9.17, 15) is 9.90 Å². The second-order valence-electron chi connectivity index (χ2n) is 9.62. The Bertz CT molecular complexity index is 1200. The number of benzene rings is 1. The Hall–Kier alpha value is -3.31. The zero-order valence-electron chi connectivity index (χ0n) is 21.7. The largest absolute Gasteiger partial charge is 0.493 e. The first-order chi connectivity index (χ1) is 18.0. The monoisotopic (exact) mass is 509 g/mol. The van der Waals surface area contributed by atoms with Gasteiger partial charge in [0.1, 0.15) is 23.4 Å². The summed E-state index contributed by atoms with van der Waals surface area (Å²) in [4.78, 5) is 17.8. The van der Waals surface area contributed by atoms with Crippen LogP contribution in [0.3, 0.4) is 0 Å². The second-order valence-corrected chi connectivity index (χ2v) is 9.62. The van der Waals surface area contributed by atoms with E-state index in [2.05, 4.69) is 22.6 Å². The van der Waals surface area contributed by atoms with Gasteiger partial charge in [-0.15, -0.1) is 5.10 Å². The second kappa shape index (κ2) is 11.0. The average molecular weight is 510 g/mol. The van der Waals surface area contributed by atoms with Gasteiger partial charge in [0.2, 0.25) is 0 Å². The molecular weight excluding hydrogens is 474 g/mol.